The minimum absolute atomic E-state index is 0.0584. The van der Waals surface area contributed by atoms with Crippen LogP contribution in [0.3, 0.4) is 0 Å². The molecule has 1 heterocycles. The van der Waals surface area contributed by atoms with Crippen molar-refractivity contribution in [3.63, 3.8) is 0 Å². The van der Waals surface area contributed by atoms with E-state index >= 15 is 0 Å². The number of fused-ring (bicyclic) bond motifs is 2. The summed E-state index contributed by atoms with van der Waals surface area (Å²) in [7, 11) is -1.91. The van der Waals surface area contributed by atoms with Crippen LogP contribution in [0.4, 0.5) is 0 Å². The summed E-state index contributed by atoms with van der Waals surface area (Å²) < 4.78 is 34.5. The van der Waals surface area contributed by atoms with Crippen molar-refractivity contribution in [2.75, 3.05) is 13.7 Å². The van der Waals surface area contributed by atoms with E-state index in [-0.39, 0.29) is 11.5 Å². The summed E-state index contributed by atoms with van der Waals surface area (Å²) >= 11 is 0. The molecule has 5 heteroatoms. The molecule has 2 fully saturated rings. The third kappa shape index (κ3) is 2.42. The second-order valence-corrected chi connectivity index (χ2v) is 10.1. The third-order valence-corrected chi connectivity index (χ3v) is 8.72. The number of methoxy groups -OCH3 is 1. The Morgan fingerprint density at radius 1 is 1.11 bits per heavy atom. The van der Waals surface area contributed by atoms with Crippen LogP contribution in [0.25, 0.3) is 6.08 Å². The molecule has 2 aromatic rings. The number of benzene rings is 2. The van der Waals surface area contributed by atoms with E-state index in [2.05, 4.69) is 12.1 Å². The van der Waals surface area contributed by atoms with Crippen LogP contribution in [0.2, 0.25) is 0 Å². The molecular weight excluding hydrogens is 370 g/mol. The Balaban J connectivity index is 1.68. The fraction of sp³-hybridized carbons (Fsp3) is 0.391. The lowest BCUT2D eigenvalue weighted by molar-refractivity contribution is 0.259. The maximum atomic E-state index is 13.6. The highest BCUT2D eigenvalue weighted by molar-refractivity contribution is 7.89. The van der Waals surface area contributed by atoms with Crippen molar-refractivity contribution < 1.29 is 13.2 Å². The van der Waals surface area contributed by atoms with Crippen molar-refractivity contribution in [3.05, 3.63) is 64.7 Å². The highest BCUT2D eigenvalue weighted by Gasteiger charge is 2.57. The third-order valence-electron chi connectivity index (χ3n) is 6.84. The van der Waals surface area contributed by atoms with E-state index in [9.17, 15) is 8.42 Å². The predicted octanol–water partition coefficient (Wildman–Crippen LogP) is 4.71. The summed E-state index contributed by atoms with van der Waals surface area (Å²) in [6.45, 7) is 2.54. The van der Waals surface area contributed by atoms with Gasteiger partial charge in [0.1, 0.15) is 5.75 Å². The van der Waals surface area contributed by atoms with Crippen LogP contribution in [0.5, 0.6) is 5.75 Å². The van der Waals surface area contributed by atoms with Gasteiger partial charge in [-0.15, -0.1) is 0 Å². The molecule has 1 spiro atoms. The molecule has 146 valence electrons. The molecule has 0 bridgehead atoms. The van der Waals surface area contributed by atoms with Gasteiger partial charge in [0.05, 0.1) is 18.0 Å². The van der Waals surface area contributed by atoms with Crippen molar-refractivity contribution in [3.8, 4) is 5.75 Å². The lowest BCUT2D eigenvalue weighted by atomic mass is 9.68. The van der Waals surface area contributed by atoms with Gasteiger partial charge in [-0.25, -0.2) is 8.42 Å². The maximum absolute atomic E-state index is 13.6. The van der Waals surface area contributed by atoms with Crippen molar-refractivity contribution in [2.24, 2.45) is 5.41 Å². The molecule has 28 heavy (non-hydrogen) atoms. The SMILES string of the molecule is COc1ccc2c(c1)[C@@H]1N(S(=O)(=O)c3ccc(C)cc3)CC[C@@]13CCCC3=C2. The summed E-state index contributed by atoms with van der Waals surface area (Å²) in [5, 5.41) is 0. The lowest BCUT2D eigenvalue weighted by Gasteiger charge is -2.40. The van der Waals surface area contributed by atoms with Crippen molar-refractivity contribution in [1.82, 2.24) is 4.31 Å². The standard InChI is InChI=1S/C23H25NO3S/c1-16-5-9-20(10-6-16)28(25,26)24-13-12-23-11-3-4-18(23)14-17-7-8-19(27-2)15-21(17)22(23)24/h5-10,14-15,22H,3-4,11-13H2,1-2H3/t22-,23+/m0/s1. The summed E-state index contributed by atoms with van der Waals surface area (Å²) in [5.41, 5.74) is 4.64. The molecule has 0 unspecified atom stereocenters. The first kappa shape index (κ1) is 18.0. The van der Waals surface area contributed by atoms with E-state index in [4.69, 9.17) is 4.74 Å². The number of nitrogens with zero attached hydrogens (tertiary/aromatic N) is 1. The van der Waals surface area contributed by atoms with Crippen LogP contribution in [-0.4, -0.2) is 26.4 Å². The molecular formula is C23H25NO3S. The molecule has 0 N–H and O–H groups in total. The first-order chi connectivity index (χ1) is 13.5. The smallest absolute Gasteiger partial charge is 0.243 e. The average Bonchev–Trinajstić information content (AvgIpc) is 3.29. The van der Waals surface area contributed by atoms with Gasteiger partial charge in [0.15, 0.2) is 0 Å². The highest BCUT2D eigenvalue weighted by Crippen LogP contribution is 2.63. The molecule has 1 aliphatic heterocycles. The Morgan fingerprint density at radius 3 is 2.64 bits per heavy atom. The molecule has 0 amide bonds. The molecule has 1 saturated carbocycles. The normalized spacial score (nSPS) is 26.4. The Kier molecular flexibility index (Phi) is 3.97. The zero-order chi connectivity index (χ0) is 19.5. The van der Waals surface area contributed by atoms with E-state index in [0.717, 1.165) is 48.1 Å². The first-order valence-electron chi connectivity index (χ1n) is 9.93. The van der Waals surface area contributed by atoms with E-state index < -0.39 is 10.0 Å². The van der Waals surface area contributed by atoms with Gasteiger partial charge in [-0.05, 0) is 68.0 Å². The van der Waals surface area contributed by atoms with Crippen LogP contribution in [0, 0.1) is 12.3 Å². The van der Waals surface area contributed by atoms with Gasteiger partial charge in [-0.2, -0.15) is 4.31 Å². The first-order valence-corrected chi connectivity index (χ1v) is 11.4. The van der Waals surface area contributed by atoms with Crippen LogP contribution in [-0.2, 0) is 10.0 Å². The summed E-state index contributed by atoms with van der Waals surface area (Å²) in [6, 6.07) is 13.1. The number of aryl methyl sites for hydroxylation is 1. The zero-order valence-corrected chi connectivity index (χ0v) is 17.1. The van der Waals surface area contributed by atoms with E-state index in [0.29, 0.717) is 11.4 Å². The second kappa shape index (κ2) is 6.19. The highest BCUT2D eigenvalue weighted by atomic mass is 32.2. The van der Waals surface area contributed by atoms with Gasteiger partial charge in [0.25, 0.3) is 0 Å². The van der Waals surface area contributed by atoms with E-state index in [1.165, 1.54) is 5.57 Å². The molecule has 0 aromatic heterocycles. The van der Waals surface area contributed by atoms with Crippen LogP contribution < -0.4 is 4.74 Å². The fourth-order valence-corrected chi connectivity index (χ4v) is 7.14. The van der Waals surface area contributed by atoms with Gasteiger partial charge in [-0.3, -0.25) is 0 Å². The molecule has 5 rings (SSSR count). The zero-order valence-electron chi connectivity index (χ0n) is 16.3. The van der Waals surface area contributed by atoms with Gasteiger partial charge < -0.3 is 4.74 Å². The molecule has 2 aliphatic carbocycles. The largest absolute Gasteiger partial charge is 0.497 e. The molecule has 2 aromatic carbocycles. The number of hydrogen-bond donors (Lipinski definition) is 0. The van der Waals surface area contributed by atoms with Gasteiger partial charge in [0.2, 0.25) is 10.0 Å². The molecule has 3 aliphatic rings. The topological polar surface area (TPSA) is 46.6 Å². The minimum Gasteiger partial charge on any atom is -0.497 e. The molecule has 4 nitrogen and oxygen atoms in total. The number of sulfonamides is 1. The van der Waals surface area contributed by atoms with E-state index in [1.807, 2.05) is 31.2 Å². The number of hydrogen-bond acceptors (Lipinski definition) is 3. The molecule has 2 atom stereocenters. The Morgan fingerprint density at radius 2 is 1.89 bits per heavy atom. The van der Waals surface area contributed by atoms with Crippen molar-refractivity contribution in [2.45, 2.75) is 43.5 Å². The average molecular weight is 396 g/mol. The predicted molar refractivity (Wildman–Crippen MR) is 110 cm³/mol. The minimum atomic E-state index is -3.57. The quantitative estimate of drug-likeness (QED) is 0.756. The molecule has 1 saturated heterocycles. The summed E-state index contributed by atoms with van der Waals surface area (Å²) in [5.74, 6) is 0.781. The van der Waals surface area contributed by atoms with Crippen LogP contribution in [0.1, 0.15) is 48.4 Å². The van der Waals surface area contributed by atoms with Crippen molar-refractivity contribution >= 4 is 16.1 Å². The number of ether oxygens (including phenoxy) is 1. The monoisotopic (exact) mass is 395 g/mol. The summed E-state index contributed by atoms with van der Waals surface area (Å²) in [6.07, 6.45) is 6.46. The van der Waals surface area contributed by atoms with Crippen LogP contribution >= 0.6 is 0 Å². The maximum Gasteiger partial charge on any atom is 0.243 e. The van der Waals surface area contributed by atoms with Crippen LogP contribution in [0.15, 0.2) is 52.9 Å². The summed E-state index contributed by atoms with van der Waals surface area (Å²) in [4.78, 5) is 0.383. The fourth-order valence-electron chi connectivity index (χ4n) is 5.46. The van der Waals surface area contributed by atoms with Gasteiger partial charge in [0, 0.05) is 12.0 Å². The number of rotatable bonds is 3. The Hall–Kier alpha value is -2.11. The Bertz CT molecular complexity index is 1070. The molecule has 0 radical (unpaired) electrons. The van der Waals surface area contributed by atoms with Gasteiger partial charge >= 0.3 is 0 Å². The Labute approximate surface area is 166 Å². The second-order valence-electron chi connectivity index (χ2n) is 8.26. The van der Waals surface area contributed by atoms with Crippen molar-refractivity contribution in [1.29, 1.82) is 0 Å². The van der Waals surface area contributed by atoms with Gasteiger partial charge in [-0.1, -0.05) is 35.4 Å². The lowest BCUT2D eigenvalue weighted by Crippen LogP contribution is -2.37. The van der Waals surface area contributed by atoms with E-state index in [1.54, 1.807) is 23.5 Å².